The normalized spacial score (nSPS) is 12.5. The molecule has 0 spiro atoms. The Hall–Kier alpha value is -1.35. The SMILES string of the molecule is COC[C@@H](NC(=O)C(C)C)c1ccccc1. The van der Waals surface area contributed by atoms with Crippen molar-refractivity contribution in [3.8, 4) is 0 Å². The fraction of sp³-hybridized carbons (Fsp3) is 0.462. The number of hydrogen-bond donors (Lipinski definition) is 1. The van der Waals surface area contributed by atoms with Crippen LogP contribution in [0.3, 0.4) is 0 Å². The van der Waals surface area contributed by atoms with Crippen molar-refractivity contribution in [2.45, 2.75) is 19.9 Å². The molecule has 0 aliphatic carbocycles. The third kappa shape index (κ3) is 3.66. The number of nitrogens with one attached hydrogen (secondary N) is 1. The lowest BCUT2D eigenvalue weighted by Gasteiger charge is -2.19. The molecule has 0 aromatic heterocycles. The summed E-state index contributed by atoms with van der Waals surface area (Å²) in [5, 5.41) is 2.97. The largest absolute Gasteiger partial charge is 0.382 e. The van der Waals surface area contributed by atoms with Gasteiger partial charge in [0.25, 0.3) is 0 Å². The fourth-order valence-electron chi connectivity index (χ4n) is 1.41. The van der Waals surface area contributed by atoms with Gasteiger partial charge in [-0.25, -0.2) is 0 Å². The molecule has 3 nitrogen and oxygen atoms in total. The Morgan fingerprint density at radius 3 is 2.44 bits per heavy atom. The lowest BCUT2D eigenvalue weighted by molar-refractivity contribution is -0.125. The van der Waals surface area contributed by atoms with Crippen molar-refractivity contribution < 1.29 is 9.53 Å². The molecule has 0 radical (unpaired) electrons. The van der Waals surface area contributed by atoms with E-state index in [1.165, 1.54) is 0 Å². The highest BCUT2D eigenvalue weighted by atomic mass is 16.5. The molecule has 0 heterocycles. The van der Waals surface area contributed by atoms with E-state index in [4.69, 9.17) is 4.74 Å². The molecule has 0 bridgehead atoms. The molecule has 0 unspecified atom stereocenters. The number of hydrogen-bond acceptors (Lipinski definition) is 2. The first-order valence-electron chi connectivity index (χ1n) is 5.49. The molecule has 1 aromatic carbocycles. The Morgan fingerprint density at radius 2 is 1.94 bits per heavy atom. The van der Waals surface area contributed by atoms with E-state index in [1.807, 2.05) is 44.2 Å². The minimum Gasteiger partial charge on any atom is -0.382 e. The molecule has 3 heteroatoms. The topological polar surface area (TPSA) is 38.3 Å². The number of benzene rings is 1. The molecular formula is C13H19NO2. The van der Waals surface area contributed by atoms with E-state index in [1.54, 1.807) is 7.11 Å². The zero-order valence-electron chi connectivity index (χ0n) is 10.1. The van der Waals surface area contributed by atoms with Gasteiger partial charge in [0.2, 0.25) is 5.91 Å². The van der Waals surface area contributed by atoms with Crippen LogP contribution >= 0.6 is 0 Å². The predicted octanol–water partition coefficient (Wildman–Crippen LogP) is 2.15. The summed E-state index contributed by atoms with van der Waals surface area (Å²) in [5.41, 5.74) is 1.07. The maximum Gasteiger partial charge on any atom is 0.223 e. The van der Waals surface area contributed by atoms with Crippen LogP contribution in [0, 0.1) is 5.92 Å². The average molecular weight is 221 g/mol. The van der Waals surface area contributed by atoms with Gasteiger partial charge in [-0.1, -0.05) is 44.2 Å². The van der Waals surface area contributed by atoms with E-state index < -0.39 is 0 Å². The fourth-order valence-corrected chi connectivity index (χ4v) is 1.41. The van der Waals surface area contributed by atoms with Gasteiger partial charge in [0.1, 0.15) is 0 Å². The Bertz CT molecular complexity index is 322. The highest BCUT2D eigenvalue weighted by Crippen LogP contribution is 2.13. The molecule has 0 saturated carbocycles. The molecule has 0 aliphatic heterocycles. The van der Waals surface area contributed by atoms with Crippen LogP contribution in [0.2, 0.25) is 0 Å². The Labute approximate surface area is 96.8 Å². The second-order valence-corrected chi connectivity index (χ2v) is 4.08. The van der Waals surface area contributed by atoms with Crippen molar-refractivity contribution in [3.63, 3.8) is 0 Å². The maximum atomic E-state index is 11.6. The third-order valence-corrected chi connectivity index (χ3v) is 2.38. The molecule has 1 aromatic rings. The standard InChI is InChI=1S/C13H19NO2/c1-10(2)13(15)14-12(9-16-3)11-7-5-4-6-8-11/h4-8,10,12H,9H2,1-3H3,(H,14,15)/t12-/m1/s1. The monoisotopic (exact) mass is 221 g/mol. The van der Waals surface area contributed by atoms with Crippen molar-refractivity contribution in [1.82, 2.24) is 5.32 Å². The Balaban J connectivity index is 2.72. The van der Waals surface area contributed by atoms with Crippen LogP contribution in [0.5, 0.6) is 0 Å². The molecule has 1 atom stereocenters. The average Bonchev–Trinajstić information content (AvgIpc) is 2.29. The van der Waals surface area contributed by atoms with E-state index in [9.17, 15) is 4.79 Å². The van der Waals surface area contributed by atoms with Gasteiger partial charge in [0, 0.05) is 13.0 Å². The lowest BCUT2D eigenvalue weighted by atomic mass is 10.1. The third-order valence-electron chi connectivity index (χ3n) is 2.38. The van der Waals surface area contributed by atoms with E-state index >= 15 is 0 Å². The summed E-state index contributed by atoms with van der Waals surface area (Å²) in [6.07, 6.45) is 0. The Kier molecular flexibility index (Phi) is 4.99. The zero-order chi connectivity index (χ0) is 12.0. The lowest BCUT2D eigenvalue weighted by Crippen LogP contribution is -2.34. The summed E-state index contributed by atoms with van der Waals surface area (Å²) in [6, 6.07) is 9.78. The first-order valence-corrected chi connectivity index (χ1v) is 5.49. The van der Waals surface area contributed by atoms with Gasteiger partial charge in [0.15, 0.2) is 0 Å². The smallest absolute Gasteiger partial charge is 0.223 e. The van der Waals surface area contributed by atoms with Crippen molar-refractivity contribution in [3.05, 3.63) is 35.9 Å². The van der Waals surface area contributed by atoms with Gasteiger partial charge < -0.3 is 10.1 Å². The number of rotatable bonds is 5. The second kappa shape index (κ2) is 6.28. The minimum absolute atomic E-state index is 0.0110. The highest BCUT2D eigenvalue weighted by Gasteiger charge is 2.15. The van der Waals surface area contributed by atoms with Crippen LogP contribution in [0.15, 0.2) is 30.3 Å². The summed E-state index contributed by atoms with van der Waals surface area (Å²) < 4.78 is 5.12. The van der Waals surface area contributed by atoms with Crippen LogP contribution in [-0.4, -0.2) is 19.6 Å². The first-order chi connectivity index (χ1) is 7.65. The van der Waals surface area contributed by atoms with Crippen LogP contribution in [0.1, 0.15) is 25.5 Å². The summed E-state index contributed by atoms with van der Waals surface area (Å²) in [4.78, 5) is 11.6. The summed E-state index contributed by atoms with van der Waals surface area (Å²) in [7, 11) is 1.64. The summed E-state index contributed by atoms with van der Waals surface area (Å²) in [6.45, 7) is 4.25. The number of ether oxygens (including phenoxy) is 1. The molecule has 1 amide bonds. The van der Waals surface area contributed by atoms with E-state index in [-0.39, 0.29) is 17.9 Å². The molecule has 16 heavy (non-hydrogen) atoms. The molecule has 88 valence electrons. The number of carbonyl (C=O) groups excluding carboxylic acids is 1. The number of carbonyl (C=O) groups is 1. The second-order valence-electron chi connectivity index (χ2n) is 4.08. The molecule has 0 fully saturated rings. The molecule has 1 rings (SSSR count). The first kappa shape index (κ1) is 12.7. The number of methoxy groups -OCH3 is 1. The van der Waals surface area contributed by atoms with Crippen molar-refractivity contribution in [2.24, 2.45) is 5.92 Å². The van der Waals surface area contributed by atoms with E-state index in [2.05, 4.69) is 5.32 Å². The van der Waals surface area contributed by atoms with Gasteiger partial charge in [-0.2, -0.15) is 0 Å². The minimum atomic E-state index is -0.0684. The Morgan fingerprint density at radius 1 is 1.31 bits per heavy atom. The van der Waals surface area contributed by atoms with Crippen LogP contribution in [0.4, 0.5) is 0 Å². The zero-order valence-corrected chi connectivity index (χ0v) is 10.1. The predicted molar refractivity (Wildman–Crippen MR) is 64.0 cm³/mol. The maximum absolute atomic E-state index is 11.6. The molecule has 0 saturated heterocycles. The van der Waals surface area contributed by atoms with Gasteiger partial charge in [0.05, 0.1) is 12.6 Å². The van der Waals surface area contributed by atoms with Crippen molar-refractivity contribution >= 4 is 5.91 Å². The molecular weight excluding hydrogens is 202 g/mol. The summed E-state index contributed by atoms with van der Waals surface area (Å²) in [5.74, 6) is 0.0361. The van der Waals surface area contributed by atoms with Gasteiger partial charge in [-0.05, 0) is 5.56 Å². The van der Waals surface area contributed by atoms with Crippen LogP contribution < -0.4 is 5.32 Å². The van der Waals surface area contributed by atoms with Gasteiger partial charge in [-0.3, -0.25) is 4.79 Å². The van der Waals surface area contributed by atoms with E-state index in [0.717, 1.165) is 5.56 Å². The summed E-state index contributed by atoms with van der Waals surface area (Å²) >= 11 is 0. The van der Waals surface area contributed by atoms with Crippen LogP contribution in [-0.2, 0) is 9.53 Å². The quantitative estimate of drug-likeness (QED) is 0.827. The van der Waals surface area contributed by atoms with Crippen molar-refractivity contribution in [1.29, 1.82) is 0 Å². The molecule has 0 aliphatic rings. The highest BCUT2D eigenvalue weighted by molar-refractivity contribution is 5.78. The molecule has 1 N–H and O–H groups in total. The van der Waals surface area contributed by atoms with E-state index in [0.29, 0.717) is 6.61 Å². The van der Waals surface area contributed by atoms with Crippen molar-refractivity contribution in [2.75, 3.05) is 13.7 Å². The van der Waals surface area contributed by atoms with Gasteiger partial charge >= 0.3 is 0 Å². The van der Waals surface area contributed by atoms with Crippen LogP contribution in [0.25, 0.3) is 0 Å². The number of amides is 1. The van der Waals surface area contributed by atoms with Gasteiger partial charge in [-0.15, -0.1) is 0 Å².